The minimum atomic E-state index is -1.20. The second kappa shape index (κ2) is 27.8. The molecule has 2 atom stereocenters. The van der Waals surface area contributed by atoms with E-state index in [0.29, 0.717) is 71.7 Å². The van der Waals surface area contributed by atoms with E-state index >= 15 is 0 Å². The number of amides is 3. The van der Waals surface area contributed by atoms with Crippen LogP contribution in [0, 0.1) is 12.7 Å². The van der Waals surface area contributed by atoms with Crippen molar-refractivity contribution in [1.29, 1.82) is 0 Å². The molecule has 0 unspecified atom stereocenters. The molecule has 15 heterocycles. The van der Waals surface area contributed by atoms with E-state index in [1.54, 1.807) is 40.4 Å². The number of aliphatic hydroxyl groups excluding tert-OH is 3. The molecule has 8 aliphatic heterocycles. The predicted molar refractivity (Wildman–Crippen MR) is 394 cm³/mol. The fourth-order valence-corrected chi connectivity index (χ4v) is 15.6. The molecule has 18 rings (SSSR count). The third-order valence-electron chi connectivity index (χ3n) is 20.1. The Labute approximate surface area is 594 Å². The maximum Gasteiger partial charge on any atom is 0.254 e. The van der Waals surface area contributed by atoms with Crippen molar-refractivity contribution in [3.63, 3.8) is 0 Å². The van der Waals surface area contributed by atoms with Crippen LogP contribution in [-0.4, -0.2) is 136 Å². The Bertz CT molecular complexity index is 5190. The first-order valence-electron chi connectivity index (χ1n) is 34.4. The summed E-state index contributed by atoms with van der Waals surface area (Å²) in [6, 6.07) is 30.2. The number of anilines is 9. The number of carbonyl (C=O) groups excluding carboxylic acids is 3. The van der Waals surface area contributed by atoms with Gasteiger partial charge in [-0.15, -0.1) is 11.3 Å². The molecule has 0 aliphatic carbocycles. The van der Waals surface area contributed by atoms with Crippen LogP contribution < -0.4 is 46.6 Å². The molecule has 3 amide bonds. The van der Waals surface area contributed by atoms with Gasteiger partial charge in [0.1, 0.15) is 41.2 Å². The summed E-state index contributed by atoms with van der Waals surface area (Å²) in [5, 5.41) is 50.2. The van der Waals surface area contributed by atoms with Gasteiger partial charge in [-0.25, -0.2) is 28.7 Å². The third kappa shape index (κ3) is 13.1. The van der Waals surface area contributed by atoms with E-state index in [-0.39, 0.29) is 48.7 Å². The standard InChI is InChI=1S/C26H26N6O2.C26H25N5O2S.C25H22F2N6O2/c1-31-9-8-19-20(13-27-23(19)15-31)18-3-4-22(25-21(18)14-29-26(25)34)30-24-5-2-16(12-28-24)32-10-6-17(33)7-11-32;1-15-14-34-25-19(6-9-27-24(15)25)18-3-4-21(23-20(18)13-29-26(23)33)30-22-5-2-16(12-28-22)31-10-7-17(32)8-11-31;26-14-5-8-33-20(12-29-23(33)9-14)16-2-3-19(24-17(16)11-30-25(24)35)31-22-4-1-15(10-28-22)32-7-6-18(27)21(34)13-32/h2-5,8-9,12-13,15,17,33H,6-7,10-11,14H2,1H3,(H,28,30)(H,29,34);2-6,9,12,14,17,32H,7-8,10-11,13H2,1H3,(H,28,30)(H,29,33);1-5,8-10,12,18,21,34H,6-7,11,13H2,(H,28,31)(H,30,35)/t;;18-,21+/m..0/s1. The number of aliphatic hydroxyl groups is 3. The third-order valence-corrected chi connectivity index (χ3v) is 21.2. The molecule has 3 fully saturated rings. The number of alkyl halides is 1. The van der Waals surface area contributed by atoms with Crippen molar-refractivity contribution in [3.8, 4) is 44.8 Å². The van der Waals surface area contributed by atoms with Gasteiger partial charge in [-0.3, -0.25) is 28.8 Å². The number of thiophene rings is 1. The summed E-state index contributed by atoms with van der Waals surface area (Å²) < 4.78 is 32.1. The first-order chi connectivity index (χ1) is 50.1. The lowest BCUT2D eigenvalue weighted by atomic mass is 9.94. The van der Waals surface area contributed by atoms with Gasteiger partial charge < -0.3 is 66.5 Å². The number of hydrogen-bond donors (Lipinski definition) is 9. The van der Waals surface area contributed by atoms with Gasteiger partial charge in [-0.1, -0.05) is 18.2 Å². The van der Waals surface area contributed by atoms with E-state index in [1.165, 1.54) is 17.7 Å². The Kier molecular flexibility index (Phi) is 17.9. The second-order valence-corrected chi connectivity index (χ2v) is 27.6. The van der Waals surface area contributed by atoms with E-state index in [1.807, 2.05) is 114 Å². The van der Waals surface area contributed by atoms with Gasteiger partial charge >= 0.3 is 0 Å². The van der Waals surface area contributed by atoms with Crippen LogP contribution >= 0.6 is 11.3 Å². The van der Waals surface area contributed by atoms with Crippen molar-refractivity contribution in [2.75, 3.05) is 69.9 Å². The average molecular weight is 1400 g/mol. The molecule has 0 spiro atoms. The summed E-state index contributed by atoms with van der Waals surface area (Å²) in [6.45, 7) is 7.48. The normalized spacial score (nSPS) is 17.3. The minimum Gasteiger partial charge on any atom is -0.393 e. The molecule has 8 aliphatic rings. The fraction of sp³-hybridized carbons (Fsp3) is 0.260. The number of benzene rings is 3. The summed E-state index contributed by atoms with van der Waals surface area (Å²) in [7, 11) is 1.98. The first kappa shape index (κ1) is 66.1. The van der Waals surface area contributed by atoms with Gasteiger partial charge in [-0.05, 0) is 151 Å². The zero-order valence-electron chi connectivity index (χ0n) is 56.4. The molecule has 7 aromatic heterocycles. The highest BCUT2D eigenvalue weighted by atomic mass is 32.1. The summed E-state index contributed by atoms with van der Waals surface area (Å²) in [4.78, 5) is 71.7. The van der Waals surface area contributed by atoms with E-state index in [0.717, 1.165) is 152 Å². The quantitative estimate of drug-likeness (QED) is 0.0550. The number of hydrogen-bond acceptors (Lipinski definition) is 19. The number of carbonyl (C=O) groups is 3. The number of aromatic nitrogens is 8. The molecular weight excluding hydrogens is 1330 g/mol. The number of rotatable bonds is 12. The Morgan fingerprint density at radius 3 is 1.57 bits per heavy atom. The van der Waals surface area contributed by atoms with Crippen LogP contribution in [0.1, 0.15) is 85.4 Å². The lowest BCUT2D eigenvalue weighted by Crippen LogP contribution is -2.45. The summed E-state index contributed by atoms with van der Waals surface area (Å²) >= 11 is 1.69. The van der Waals surface area contributed by atoms with Gasteiger partial charge in [0.15, 0.2) is 0 Å². The van der Waals surface area contributed by atoms with Crippen molar-refractivity contribution >= 4 is 96.5 Å². The zero-order valence-corrected chi connectivity index (χ0v) is 57.2. The van der Waals surface area contributed by atoms with Gasteiger partial charge in [0.2, 0.25) is 0 Å². The summed E-state index contributed by atoms with van der Waals surface area (Å²) in [5.74, 6) is 1.21. The maximum atomic E-state index is 13.6. The molecule has 9 N–H and O–H groups in total. The molecule has 23 nitrogen and oxygen atoms in total. The van der Waals surface area contributed by atoms with Crippen LogP contribution in [0.5, 0.6) is 0 Å². The van der Waals surface area contributed by atoms with Crippen LogP contribution in [-0.2, 0) is 26.7 Å². The maximum absolute atomic E-state index is 13.6. The number of nitrogens with one attached hydrogen (secondary N) is 6. The lowest BCUT2D eigenvalue weighted by Gasteiger charge is -2.33. The number of imidazole rings is 1. The van der Waals surface area contributed by atoms with E-state index < -0.39 is 12.3 Å². The number of β-amino-alcohol motifs (C(OH)–C–C–N with tert-alkyl or cyclic N) is 1. The fourth-order valence-electron chi connectivity index (χ4n) is 14.6. The molecule has 103 heavy (non-hydrogen) atoms. The number of halogens is 2. The molecule has 3 saturated heterocycles. The van der Waals surface area contributed by atoms with Crippen LogP contribution in [0.25, 0.3) is 60.6 Å². The van der Waals surface area contributed by atoms with Gasteiger partial charge in [0.25, 0.3) is 17.7 Å². The van der Waals surface area contributed by atoms with Crippen molar-refractivity contribution in [1.82, 2.24) is 54.8 Å². The smallest absolute Gasteiger partial charge is 0.254 e. The summed E-state index contributed by atoms with van der Waals surface area (Å²) in [6.07, 6.45) is 17.2. The SMILES string of the molecule is Cc1csc2c(-c3ccc(Nc4ccc(N5CCC(O)CC5)cn4)c4c3CNC4=O)ccnc12.Cn1ccc2c(-c3ccc(Nc4ccc(N5CCC(O)CC5)cn4)c4c3CNC4=O)cnc-2c1.O=C1NCc2c(-c3cnc4cc(F)ccn34)ccc(Nc3ccc(N4CC[C@H](F)[C@H](O)C4)cn3)c21. The zero-order chi connectivity index (χ0) is 70.6. The molecule has 522 valence electrons. The van der Waals surface area contributed by atoms with Gasteiger partial charge in [0.05, 0.1) is 109 Å². The second-order valence-electron chi connectivity index (χ2n) is 26.7. The molecule has 0 bridgehead atoms. The average Bonchev–Trinajstić information content (AvgIpc) is 1.32. The molecule has 3 aromatic carbocycles. The highest BCUT2D eigenvalue weighted by Gasteiger charge is 2.33. The van der Waals surface area contributed by atoms with Gasteiger partial charge in [-0.2, -0.15) is 0 Å². The molecule has 0 saturated carbocycles. The van der Waals surface area contributed by atoms with Gasteiger partial charge in [0, 0.05) is 125 Å². The summed E-state index contributed by atoms with van der Waals surface area (Å²) in [5.41, 5.74) is 20.1. The Balaban J connectivity index is 0.000000119. The van der Waals surface area contributed by atoms with E-state index in [2.05, 4.69) is 102 Å². The minimum absolute atomic E-state index is 0.0736. The Hall–Kier alpha value is -11.5. The topological polar surface area (TPSA) is 280 Å². The van der Waals surface area contributed by atoms with Crippen molar-refractivity contribution in [2.24, 2.45) is 7.05 Å². The first-order valence-corrected chi connectivity index (χ1v) is 35.3. The highest BCUT2D eigenvalue weighted by molar-refractivity contribution is 7.18. The number of piperidine rings is 3. The van der Waals surface area contributed by atoms with Crippen LogP contribution in [0.4, 0.5) is 60.4 Å². The Morgan fingerprint density at radius 2 is 1.04 bits per heavy atom. The molecular formula is C77H73F2N17O6S. The molecule has 0 radical (unpaired) electrons. The van der Waals surface area contributed by atoms with Crippen LogP contribution in [0.3, 0.4) is 0 Å². The van der Waals surface area contributed by atoms with Crippen molar-refractivity contribution in [3.05, 3.63) is 203 Å². The number of fused-ring (bicyclic) bond motifs is 6. The monoisotopic (exact) mass is 1400 g/mol. The number of pyridine rings is 6. The van der Waals surface area contributed by atoms with E-state index in [4.69, 9.17) is 0 Å². The van der Waals surface area contributed by atoms with Crippen LogP contribution in [0.2, 0.25) is 0 Å². The lowest BCUT2D eigenvalue weighted by molar-refractivity contribution is 0.0645. The highest BCUT2D eigenvalue weighted by Crippen LogP contribution is 2.43. The van der Waals surface area contributed by atoms with Crippen molar-refractivity contribution in [2.45, 2.75) is 83.1 Å². The largest absolute Gasteiger partial charge is 0.393 e. The van der Waals surface area contributed by atoms with Crippen LogP contribution in [0.15, 0.2) is 158 Å². The van der Waals surface area contributed by atoms with E-state index in [9.17, 15) is 38.5 Å². The predicted octanol–water partition coefficient (Wildman–Crippen LogP) is 11.6. The molecule has 10 aromatic rings. The number of nitrogens with zero attached hydrogens (tertiary/aromatic N) is 11. The Morgan fingerprint density at radius 1 is 0.524 bits per heavy atom. The van der Waals surface area contributed by atoms with Crippen molar-refractivity contribution < 1.29 is 38.5 Å². The molecule has 26 heteroatoms. The number of aryl methyl sites for hydroxylation is 2.